The Morgan fingerprint density at radius 3 is 2.36 bits per heavy atom. The number of alkyl halides is 3. The summed E-state index contributed by atoms with van der Waals surface area (Å²) in [6.07, 6.45) is -3.42. The van der Waals surface area contributed by atoms with Crippen LogP contribution in [0.1, 0.15) is 5.56 Å². The van der Waals surface area contributed by atoms with E-state index in [-0.39, 0.29) is 22.3 Å². The third kappa shape index (κ3) is 6.30. The third-order valence-electron chi connectivity index (χ3n) is 4.74. The Balaban J connectivity index is 1.53. The molecule has 36 heavy (non-hydrogen) atoms. The van der Waals surface area contributed by atoms with Crippen molar-refractivity contribution in [3.05, 3.63) is 95.9 Å². The molecular weight excluding hydrogens is 498 g/mol. The molecule has 11 heteroatoms. The summed E-state index contributed by atoms with van der Waals surface area (Å²) in [5.74, 6) is -2.30. The minimum Gasteiger partial charge on any atom is -0.404 e. The normalized spacial score (nSPS) is 14.7. The van der Waals surface area contributed by atoms with Gasteiger partial charge < -0.3 is 10.1 Å². The van der Waals surface area contributed by atoms with Crippen molar-refractivity contribution in [2.75, 3.05) is 16.0 Å². The second-order valence-electron chi connectivity index (χ2n) is 7.33. The van der Waals surface area contributed by atoms with E-state index in [1.165, 1.54) is 53.4 Å². The minimum atomic E-state index is -4.92. The molecule has 1 N–H and O–H groups in total. The highest BCUT2D eigenvalue weighted by Crippen LogP contribution is 2.31. The van der Waals surface area contributed by atoms with E-state index in [0.717, 1.165) is 17.8 Å². The molecule has 0 fully saturated rings. The third-order valence-corrected chi connectivity index (χ3v) is 5.68. The molecule has 0 atom stereocenters. The molecule has 2 amide bonds. The molecule has 0 unspecified atom stereocenters. The number of para-hydroxylation sites is 3. The zero-order chi connectivity index (χ0) is 25.7. The summed E-state index contributed by atoms with van der Waals surface area (Å²) in [6.45, 7) is 0. The number of aliphatic imine (C=N–C) groups is 1. The van der Waals surface area contributed by atoms with Crippen molar-refractivity contribution in [1.29, 1.82) is 0 Å². The predicted octanol–water partition coefficient (Wildman–Crippen LogP) is 5.84. The number of ether oxygens (including phenoxy) is 1. The van der Waals surface area contributed by atoms with E-state index in [4.69, 9.17) is 0 Å². The Morgan fingerprint density at radius 2 is 1.67 bits per heavy atom. The Kier molecular flexibility index (Phi) is 7.39. The van der Waals surface area contributed by atoms with Crippen molar-refractivity contribution in [3.63, 3.8) is 0 Å². The molecule has 4 rings (SSSR count). The zero-order valence-electron chi connectivity index (χ0n) is 18.3. The van der Waals surface area contributed by atoms with Crippen molar-refractivity contribution < 1.29 is 31.9 Å². The van der Waals surface area contributed by atoms with Gasteiger partial charge in [0, 0.05) is 0 Å². The molecule has 0 radical (unpaired) electrons. The van der Waals surface area contributed by atoms with E-state index in [9.17, 15) is 27.2 Å². The first-order valence-corrected chi connectivity index (χ1v) is 11.4. The molecule has 3 aromatic carbocycles. The summed E-state index contributed by atoms with van der Waals surface area (Å²) in [6, 6.07) is 19.3. The molecule has 3 aromatic rings. The maximum absolute atomic E-state index is 13.2. The van der Waals surface area contributed by atoms with Crippen LogP contribution < -0.4 is 15.0 Å². The quantitative estimate of drug-likeness (QED) is 0.331. The number of carbonyl (C=O) groups is 2. The van der Waals surface area contributed by atoms with Gasteiger partial charge in [0.2, 0.25) is 5.91 Å². The van der Waals surface area contributed by atoms with Gasteiger partial charge in [-0.2, -0.15) is 0 Å². The summed E-state index contributed by atoms with van der Waals surface area (Å²) >= 11 is 0.933. The Hall–Kier alpha value is -4.12. The number of anilines is 2. The van der Waals surface area contributed by atoms with Crippen molar-refractivity contribution in [2.45, 2.75) is 6.36 Å². The van der Waals surface area contributed by atoms with Crippen molar-refractivity contribution in [2.24, 2.45) is 4.99 Å². The number of carbonyl (C=O) groups excluding carboxylic acids is 2. The number of halogens is 4. The Morgan fingerprint density at radius 1 is 1.00 bits per heavy atom. The second-order valence-corrected chi connectivity index (χ2v) is 8.27. The summed E-state index contributed by atoms with van der Waals surface area (Å²) in [7, 11) is 0. The van der Waals surface area contributed by atoms with Crippen molar-refractivity contribution in [3.8, 4) is 5.75 Å². The molecule has 1 aliphatic heterocycles. The average Bonchev–Trinajstić information content (AvgIpc) is 3.15. The Labute approximate surface area is 207 Å². The molecule has 1 heterocycles. The van der Waals surface area contributed by atoms with E-state index >= 15 is 0 Å². The molecule has 0 saturated heterocycles. The summed E-state index contributed by atoms with van der Waals surface area (Å²) < 4.78 is 55.1. The van der Waals surface area contributed by atoms with Gasteiger partial charge >= 0.3 is 6.36 Å². The van der Waals surface area contributed by atoms with Crippen LogP contribution in [0.4, 0.5) is 28.9 Å². The molecule has 1 aliphatic rings. The molecule has 184 valence electrons. The molecule has 0 spiro atoms. The van der Waals surface area contributed by atoms with Crippen LogP contribution in [0.5, 0.6) is 5.75 Å². The van der Waals surface area contributed by atoms with Crippen LogP contribution in [0.2, 0.25) is 0 Å². The van der Waals surface area contributed by atoms with Gasteiger partial charge in [-0.05, 0) is 48.0 Å². The van der Waals surface area contributed by atoms with Gasteiger partial charge in [-0.3, -0.25) is 14.5 Å². The van der Waals surface area contributed by atoms with E-state index in [2.05, 4.69) is 15.0 Å². The lowest BCUT2D eigenvalue weighted by molar-refractivity contribution is -0.274. The topological polar surface area (TPSA) is 71.0 Å². The lowest BCUT2D eigenvalue weighted by Gasteiger charge is -2.18. The number of hydrogen-bond donors (Lipinski definition) is 1. The summed E-state index contributed by atoms with van der Waals surface area (Å²) in [5.41, 5.74) is 1.00. The van der Waals surface area contributed by atoms with Gasteiger partial charge in [-0.15, -0.1) is 13.2 Å². The van der Waals surface area contributed by atoms with Crippen LogP contribution in [0, 0.1) is 5.82 Å². The highest BCUT2D eigenvalue weighted by atomic mass is 32.2. The van der Waals surface area contributed by atoms with Crippen LogP contribution in [-0.4, -0.2) is 29.1 Å². The van der Waals surface area contributed by atoms with Gasteiger partial charge in [0.05, 0.1) is 17.1 Å². The summed E-state index contributed by atoms with van der Waals surface area (Å²) in [5, 5.41) is 2.59. The van der Waals surface area contributed by atoms with Crippen LogP contribution in [0.3, 0.4) is 0 Å². The first-order valence-electron chi connectivity index (χ1n) is 10.4. The molecular formula is C25H17F4N3O3S. The Bertz CT molecular complexity index is 1330. The zero-order valence-corrected chi connectivity index (χ0v) is 19.1. The van der Waals surface area contributed by atoms with Gasteiger partial charge in [0.25, 0.3) is 5.91 Å². The molecule has 0 aliphatic carbocycles. The maximum Gasteiger partial charge on any atom is 0.573 e. The van der Waals surface area contributed by atoms with E-state index in [1.54, 1.807) is 30.3 Å². The van der Waals surface area contributed by atoms with Crippen molar-refractivity contribution in [1.82, 2.24) is 0 Å². The highest BCUT2D eigenvalue weighted by Gasteiger charge is 2.33. The fraction of sp³-hybridized carbons (Fsp3) is 0.0800. The molecule has 6 nitrogen and oxygen atoms in total. The van der Waals surface area contributed by atoms with Crippen LogP contribution in [-0.2, 0) is 9.59 Å². The predicted molar refractivity (Wildman–Crippen MR) is 130 cm³/mol. The molecule has 0 aromatic heterocycles. The van der Waals surface area contributed by atoms with Gasteiger partial charge in [-0.1, -0.05) is 54.2 Å². The number of nitrogens with zero attached hydrogens (tertiary/aromatic N) is 2. The van der Waals surface area contributed by atoms with Crippen LogP contribution in [0.25, 0.3) is 6.08 Å². The number of rotatable bonds is 6. The van der Waals surface area contributed by atoms with E-state index in [1.807, 2.05) is 0 Å². The number of hydrogen-bond acceptors (Lipinski definition) is 5. The van der Waals surface area contributed by atoms with E-state index < -0.39 is 29.7 Å². The minimum absolute atomic E-state index is 0.0808. The number of amides is 2. The number of nitrogens with one attached hydrogen (secondary N) is 1. The van der Waals surface area contributed by atoms with Gasteiger partial charge in [0.1, 0.15) is 11.5 Å². The molecule has 0 saturated carbocycles. The first-order chi connectivity index (χ1) is 17.2. The average molecular weight is 515 g/mol. The van der Waals surface area contributed by atoms with E-state index in [0.29, 0.717) is 11.3 Å². The largest absolute Gasteiger partial charge is 0.573 e. The monoisotopic (exact) mass is 515 g/mol. The SMILES string of the molecule is O=C(CSC1=N/C(=C/c2ccc(F)cc2)C(=O)N1c1ccccc1)Nc1ccccc1OC(F)(F)F. The van der Waals surface area contributed by atoms with Crippen LogP contribution >= 0.6 is 11.8 Å². The summed E-state index contributed by atoms with van der Waals surface area (Å²) in [4.78, 5) is 31.4. The fourth-order valence-electron chi connectivity index (χ4n) is 3.21. The standard InChI is InChI=1S/C25H17F4N3O3S/c26-17-12-10-16(11-13-17)14-20-23(34)32(18-6-2-1-3-7-18)24(31-20)36-15-22(33)30-19-8-4-5-9-21(19)35-25(27,28)29/h1-14H,15H2,(H,30,33)/b20-14+. The number of amidine groups is 1. The highest BCUT2D eigenvalue weighted by molar-refractivity contribution is 8.14. The lowest BCUT2D eigenvalue weighted by Crippen LogP contribution is -2.31. The van der Waals surface area contributed by atoms with Gasteiger partial charge in [0.15, 0.2) is 10.9 Å². The molecule has 0 bridgehead atoms. The first kappa shape index (κ1) is 25.0. The number of benzene rings is 3. The second kappa shape index (κ2) is 10.6. The van der Waals surface area contributed by atoms with Crippen LogP contribution in [0.15, 0.2) is 89.6 Å². The maximum atomic E-state index is 13.2. The van der Waals surface area contributed by atoms with Crippen molar-refractivity contribution >= 4 is 46.2 Å². The smallest absolute Gasteiger partial charge is 0.404 e. The lowest BCUT2D eigenvalue weighted by atomic mass is 10.2. The fourth-order valence-corrected chi connectivity index (χ4v) is 4.03. The van der Waals surface area contributed by atoms with Gasteiger partial charge in [-0.25, -0.2) is 9.38 Å². The number of thioether (sulfide) groups is 1.